The third-order valence-electron chi connectivity index (χ3n) is 3.28. The van der Waals surface area contributed by atoms with E-state index in [4.69, 9.17) is 0 Å². The summed E-state index contributed by atoms with van der Waals surface area (Å²) in [6, 6.07) is 0. The second-order valence-corrected chi connectivity index (χ2v) is 5.65. The van der Waals surface area contributed by atoms with E-state index in [1.54, 1.807) is 6.92 Å². The topological polar surface area (TPSA) is 23.6 Å². The molecule has 2 rings (SSSR count). The van der Waals surface area contributed by atoms with Gasteiger partial charge in [-0.25, -0.2) is 3.11 Å². The van der Waals surface area contributed by atoms with E-state index in [9.17, 15) is 4.79 Å². The van der Waals surface area contributed by atoms with Gasteiger partial charge < -0.3 is 4.90 Å². The molecular weight excluding hydrogens is 279 g/mol. The number of carbonyl (C=O) groups excluding carboxylic acids is 1. The molecule has 74 valence electrons. The van der Waals surface area contributed by atoms with Crippen LogP contribution in [0.15, 0.2) is 0 Å². The zero-order valence-electron chi connectivity index (χ0n) is 7.92. The summed E-state index contributed by atoms with van der Waals surface area (Å²) in [5.41, 5.74) is 0.563. The molecule has 0 aromatic rings. The molecule has 0 N–H and O–H groups in total. The van der Waals surface area contributed by atoms with E-state index >= 15 is 0 Å². The van der Waals surface area contributed by atoms with Crippen LogP contribution in [0.5, 0.6) is 0 Å². The molecule has 2 aliphatic heterocycles. The van der Waals surface area contributed by atoms with Gasteiger partial charge in [-0.1, -0.05) is 0 Å². The molecule has 0 saturated carbocycles. The van der Waals surface area contributed by atoms with Gasteiger partial charge in [0.05, 0.1) is 0 Å². The van der Waals surface area contributed by atoms with E-state index in [0.717, 1.165) is 13.1 Å². The minimum atomic E-state index is 0.237. The van der Waals surface area contributed by atoms with Gasteiger partial charge in [0, 0.05) is 61.4 Å². The monoisotopic (exact) mass is 294 g/mol. The standard InChI is InChI=1S/C9H15IN2O/c1-8(13)11-4-2-9(3-5-11)6-12(10)7-9/h2-7H2,1H3. The number of halogens is 1. The summed E-state index contributed by atoms with van der Waals surface area (Å²) in [6.45, 7) is 6.06. The Hall–Kier alpha value is 0.160. The Bertz CT molecular complexity index is 216. The van der Waals surface area contributed by atoms with Crippen LogP contribution >= 0.6 is 22.9 Å². The molecule has 2 aliphatic rings. The first-order valence-electron chi connectivity index (χ1n) is 4.78. The largest absolute Gasteiger partial charge is 0.343 e. The van der Waals surface area contributed by atoms with E-state index in [-0.39, 0.29) is 5.91 Å². The molecule has 0 aliphatic carbocycles. The lowest BCUT2D eigenvalue weighted by atomic mass is 9.73. The Morgan fingerprint density at radius 3 is 2.23 bits per heavy atom. The van der Waals surface area contributed by atoms with Gasteiger partial charge in [-0.15, -0.1) is 0 Å². The van der Waals surface area contributed by atoms with Crippen molar-refractivity contribution in [1.82, 2.24) is 8.01 Å². The van der Waals surface area contributed by atoms with Gasteiger partial charge in [0.25, 0.3) is 0 Å². The summed E-state index contributed by atoms with van der Waals surface area (Å²) in [7, 11) is 0. The predicted molar refractivity (Wildman–Crippen MR) is 59.5 cm³/mol. The fourth-order valence-electron chi connectivity index (χ4n) is 2.29. The number of likely N-dealkylation sites (tertiary alicyclic amines) is 1. The third-order valence-corrected chi connectivity index (χ3v) is 3.97. The number of nitrogens with zero attached hydrogens (tertiary/aromatic N) is 2. The maximum absolute atomic E-state index is 11.1. The number of piperidine rings is 1. The first-order chi connectivity index (χ1) is 6.11. The average molecular weight is 294 g/mol. The highest BCUT2D eigenvalue weighted by Gasteiger charge is 2.44. The van der Waals surface area contributed by atoms with Crippen LogP contribution in [0.4, 0.5) is 0 Å². The second-order valence-electron chi connectivity index (χ2n) is 4.28. The highest BCUT2D eigenvalue weighted by atomic mass is 127. The first kappa shape index (κ1) is 9.71. The smallest absolute Gasteiger partial charge is 0.219 e. The van der Waals surface area contributed by atoms with Crippen LogP contribution in [0.1, 0.15) is 19.8 Å². The summed E-state index contributed by atoms with van der Waals surface area (Å²) in [5.74, 6) is 0.237. The minimum Gasteiger partial charge on any atom is -0.343 e. The molecule has 0 atom stereocenters. The molecule has 4 heteroatoms. The molecule has 0 radical (unpaired) electrons. The van der Waals surface area contributed by atoms with E-state index in [1.165, 1.54) is 25.9 Å². The lowest BCUT2D eigenvalue weighted by Crippen LogP contribution is -2.57. The summed E-state index contributed by atoms with van der Waals surface area (Å²) < 4.78 is 2.33. The summed E-state index contributed by atoms with van der Waals surface area (Å²) in [6.07, 6.45) is 2.40. The van der Waals surface area contributed by atoms with E-state index in [0.29, 0.717) is 5.41 Å². The van der Waals surface area contributed by atoms with E-state index in [2.05, 4.69) is 26.0 Å². The molecule has 13 heavy (non-hydrogen) atoms. The lowest BCUT2D eigenvalue weighted by molar-refractivity contribution is -0.132. The van der Waals surface area contributed by atoms with Crippen molar-refractivity contribution < 1.29 is 4.79 Å². The molecule has 0 unspecified atom stereocenters. The zero-order chi connectivity index (χ0) is 9.47. The molecule has 2 saturated heterocycles. The molecule has 1 spiro atoms. The van der Waals surface area contributed by atoms with Gasteiger partial charge in [0.1, 0.15) is 0 Å². The Morgan fingerprint density at radius 1 is 1.31 bits per heavy atom. The van der Waals surface area contributed by atoms with Crippen molar-refractivity contribution in [3.05, 3.63) is 0 Å². The highest BCUT2D eigenvalue weighted by Crippen LogP contribution is 2.41. The van der Waals surface area contributed by atoms with Crippen LogP contribution in [0.25, 0.3) is 0 Å². The van der Waals surface area contributed by atoms with Crippen molar-refractivity contribution in [3.8, 4) is 0 Å². The van der Waals surface area contributed by atoms with Gasteiger partial charge in [-0.2, -0.15) is 0 Å². The minimum absolute atomic E-state index is 0.237. The van der Waals surface area contributed by atoms with Crippen molar-refractivity contribution in [2.45, 2.75) is 19.8 Å². The molecule has 3 nitrogen and oxygen atoms in total. The van der Waals surface area contributed by atoms with Gasteiger partial charge in [-0.05, 0) is 12.8 Å². The predicted octanol–water partition coefficient (Wildman–Crippen LogP) is 1.28. The lowest BCUT2D eigenvalue weighted by Gasteiger charge is -2.51. The fraction of sp³-hybridized carbons (Fsp3) is 0.889. The normalized spacial score (nSPS) is 27.4. The van der Waals surface area contributed by atoms with E-state index in [1.807, 2.05) is 4.90 Å². The molecule has 0 bridgehead atoms. The quantitative estimate of drug-likeness (QED) is 0.496. The van der Waals surface area contributed by atoms with Gasteiger partial charge in [0.2, 0.25) is 5.91 Å². The van der Waals surface area contributed by atoms with Crippen molar-refractivity contribution in [1.29, 1.82) is 0 Å². The Labute approximate surface area is 92.9 Å². The van der Waals surface area contributed by atoms with Crippen LogP contribution in [-0.2, 0) is 4.79 Å². The van der Waals surface area contributed by atoms with Crippen molar-refractivity contribution in [2.75, 3.05) is 26.2 Å². The first-order valence-corrected chi connectivity index (χ1v) is 5.74. The zero-order valence-corrected chi connectivity index (χ0v) is 10.1. The highest BCUT2D eigenvalue weighted by molar-refractivity contribution is 14.1. The van der Waals surface area contributed by atoms with Gasteiger partial charge >= 0.3 is 0 Å². The maximum atomic E-state index is 11.1. The molecule has 0 aromatic carbocycles. The number of amides is 1. The number of hydrogen-bond acceptors (Lipinski definition) is 2. The maximum Gasteiger partial charge on any atom is 0.219 e. The molecule has 2 fully saturated rings. The summed E-state index contributed by atoms with van der Waals surface area (Å²) >= 11 is 2.38. The third kappa shape index (κ3) is 1.83. The van der Waals surface area contributed by atoms with Crippen LogP contribution in [0.2, 0.25) is 0 Å². The van der Waals surface area contributed by atoms with Crippen LogP contribution < -0.4 is 0 Å². The van der Waals surface area contributed by atoms with E-state index < -0.39 is 0 Å². The van der Waals surface area contributed by atoms with Crippen molar-refractivity contribution >= 4 is 28.8 Å². The number of rotatable bonds is 0. The van der Waals surface area contributed by atoms with Crippen LogP contribution in [0, 0.1) is 5.41 Å². The fourth-order valence-corrected chi connectivity index (χ4v) is 3.74. The SMILES string of the molecule is CC(=O)N1CCC2(CC1)CN(I)C2. The van der Waals surface area contributed by atoms with Gasteiger partial charge in [-0.3, -0.25) is 4.79 Å². The second kappa shape index (κ2) is 3.38. The number of hydrogen-bond donors (Lipinski definition) is 0. The van der Waals surface area contributed by atoms with Crippen molar-refractivity contribution in [2.24, 2.45) is 5.41 Å². The van der Waals surface area contributed by atoms with Crippen LogP contribution in [-0.4, -0.2) is 40.1 Å². The summed E-state index contributed by atoms with van der Waals surface area (Å²) in [5, 5.41) is 0. The molecule has 1 amide bonds. The summed E-state index contributed by atoms with van der Waals surface area (Å²) in [4.78, 5) is 13.1. The molecule has 0 aromatic heterocycles. The molecule has 2 heterocycles. The molecular formula is C9H15IN2O. The Kier molecular flexibility index (Phi) is 2.53. The Balaban J connectivity index is 1.86. The van der Waals surface area contributed by atoms with Gasteiger partial charge in [0.15, 0.2) is 0 Å². The van der Waals surface area contributed by atoms with Crippen molar-refractivity contribution in [3.63, 3.8) is 0 Å². The Morgan fingerprint density at radius 2 is 1.85 bits per heavy atom. The van der Waals surface area contributed by atoms with Crippen LogP contribution in [0.3, 0.4) is 0 Å². The average Bonchev–Trinajstić information content (AvgIpc) is 2.03. The number of carbonyl (C=O) groups is 1.